The number of rotatable bonds is 3. The largest absolute Gasteiger partial charge is 0.310 e. The molecule has 4 heterocycles. The summed E-state index contributed by atoms with van der Waals surface area (Å²) in [5.41, 5.74) is 15.6. The molecular weight excluding hydrogens is 735 g/mol. The highest BCUT2D eigenvalue weighted by Crippen LogP contribution is 2.64. The van der Waals surface area contributed by atoms with Crippen LogP contribution in [0.15, 0.2) is 210 Å². The minimum absolute atomic E-state index is 0.546. The van der Waals surface area contributed by atoms with Crippen LogP contribution in [0.5, 0.6) is 0 Å². The van der Waals surface area contributed by atoms with Crippen molar-refractivity contribution in [2.75, 3.05) is 4.90 Å². The topological polar surface area (TPSA) is 13.1 Å². The molecule has 0 amide bonds. The Labute approximate surface area is 346 Å². The molecule has 59 heavy (non-hydrogen) atoms. The van der Waals surface area contributed by atoms with Crippen LogP contribution in [0.4, 0.5) is 17.1 Å². The Bertz CT molecular complexity index is 3390. The molecule has 0 radical (unpaired) electrons. The number of allylic oxidation sites excluding steroid dienone is 4. The molecule has 1 aliphatic carbocycles. The van der Waals surface area contributed by atoms with Gasteiger partial charge in [0.15, 0.2) is 0 Å². The molecule has 0 N–H and O–H groups in total. The molecule has 10 aromatic rings. The summed E-state index contributed by atoms with van der Waals surface area (Å²) in [7, 11) is 0. The number of hydrogen-bond acceptors (Lipinski definition) is 2. The lowest BCUT2D eigenvalue weighted by Crippen LogP contribution is -2.39. The molecule has 278 valence electrons. The fourth-order valence-corrected chi connectivity index (χ4v) is 12.0. The van der Waals surface area contributed by atoms with Crippen molar-refractivity contribution in [1.29, 1.82) is 0 Å². The normalized spacial score (nSPS) is 15.1. The van der Waals surface area contributed by atoms with Gasteiger partial charge in [0.2, 0.25) is 0 Å². The average molecular weight is 772 g/mol. The van der Waals surface area contributed by atoms with Crippen LogP contribution in [0.3, 0.4) is 0 Å². The van der Waals surface area contributed by atoms with Gasteiger partial charge in [0.1, 0.15) is 0 Å². The Morgan fingerprint density at radius 3 is 1.83 bits per heavy atom. The molecule has 0 bridgehead atoms. The zero-order chi connectivity index (χ0) is 38.7. The first kappa shape index (κ1) is 33.0. The van der Waals surface area contributed by atoms with E-state index in [0.29, 0.717) is 0 Å². The standard InChI is InChI=1S/C55H37N3S/c1-3-17-36(18-4-1)56-46-26-12-7-21-39(46)41-35-38(31-33-48(41)56)58-47-27-13-8-22-40(47)53-51(58)34-32-45-54(53)59-52-30-16-11-25-44(52)55(45)42-23-9-14-28-49(42)57(37-19-5-2-6-20-37)50-29-15-10-24-43(50)55/h2-3,5-35H,1,4H2. The van der Waals surface area contributed by atoms with Crippen molar-refractivity contribution in [3.8, 4) is 5.69 Å². The highest BCUT2D eigenvalue weighted by atomic mass is 32.2. The van der Waals surface area contributed by atoms with Crippen molar-refractivity contribution in [1.82, 2.24) is 9.13 Å². The van der Waals surface area contributed by atoms with E-state index in [9.17, 15) is 0 Å². The summed E-state index contributed by atoms with van der Waals surface area (Å²) in [4.78, 5) is 5.07. The third-order valence-corrected chi connectivity index (χ3v) is 14.2. The van der Waals surface area contributed by atoms with Crippen molar-refractivity contribution < 1.29 is 0 Å². The molecule has 8 aromatic carbocycles. The molecule has 3 aliphatic rings. The van der Waals surface area contributed by atoms with E-state index in [1.807, 2.05) is 11.8 Å². The molecule has 13 rings (SSSR count). The van der Waals surface area contributed by atoms with Gasteiger partial charge in [0, 0.05) is 48.4 Å². The monoisotopic (exact) mass is 771 g/mol. The first-order chi connectivity index (χ1) is 29.3. The Hall–Kier alpha value is -7.01. The Kier molecular flexibility index (Phi) is 6.99. The Morgan fingerprint density at radius 2 is 1.07 bits per heavy atom. The fraction of sp³-hybridized carbons (Fsp3) is 0.0545. The van der Waals surface area contributed by atoms with E-state index in [1.54, 1.807) is 0 Å². The molecule has 0 fully saturated rings. The van der Waals surface area contributed by atoms with Crippen LogP contribution in [-0.4, -0.2) is 9.13 Å². The number of para-hydroxylation sites is 5. The van der Waals surface area contributed by atoms with Gasteiger partial charge in [-0.1, -0.05) is 139 Å². The van der Waals surface area contributed by atoms with Crippen molar-refractivity contribution in [2.24, 2.45) is 0 Å². The van der Waals surface area contributed by atoms with Crippen LogP contribution in [0, 0.1) is 0 Å². The predicted molar refractivity (Wildman–Crippen MR) is 247 cm³/mol. The van der Waals surface area contributed by atoms with E-state index >= 15 is 0 Å². The second-order valence-electron chi connectivity index (χ2n) is 15.9. The third kappa shape index (κ3) is 4.44. The number of benzene rings is 8. The van der Waals surface area contributed by atoms with Crippen LogP contribution in [0.2, 0.25) is 0 Å². The van der Waals surface area contributed by atoms with Gasteiger partial charge in [-0.25, -0.2) is 0 Å². The SMILES string of the molecule is C1=CC(n2c3ccccc3c3cc(-n4c5ccccc5c5c6c(ccc54)C4(c5ccccc5S6)c5ccccc5N(c5ccccc5)c5ccccc54)ccc32)=CCC1. The van der Waals surface area contributed by atoms with Crippen LogP contribution >= 0.6 is 11.8 Å². The first-order valence-corrected chi connectivity index (χ1v) is 21.4. The van der Waals surface area contributed by atoms with Gasteiger partial charge in [0.25, 0.3) is 0 Å². The maximum atomic E-state index is 2.50. The molecule has 0 atom stereocenters. The van der Waals surface area contributed by atoms with Crippen LogP contribution in [0.1, 0.15) is 35.1 Å². The molecular formula is C55H37N3S. The van der Waals surface area contributed by atoms with E-state index in [2.05, 4.69) is 214 Å². The molecule has 2 aliphatic heterocycles. The van der Waals surface area contributed by atoms with E-state index in [4.69, 9.17) is 0 Å². The van der Waals surface area contributed by atoms with E-state index in [1.165, 1.54) is 98.4 Å². The lowest BCUT2D eigenvalue weighted by molar-refractivity contribution is 0.695. The molecule has 4 heteroatoms. The number of fused-ring (bicyclic) bond motifs is 15. The van der Waals surface area contributed by atoms with Crippen LogP contribution in [0.25, 0.3) is 55.0 Å². The summed E-state index contributed by atoms with van der Waals surface area (Å²) < 4.78 is 4.95. The van der Waals surface area contributed by atoms with Crippen LogP contribution < -0.4 is 4.90 Å². The molecule has 3 nitrogen and oxygen atoms in total. The summed E-state index contributed by atoms with van der Waals surface area (Å²) in [6, 6.07) is 68.0. The summed E-state index contributed by atoms with van der Waals surface area (Å²) in [5, 5.41) is 5.11. The minimum atomic E-state index is -0.546. The summed E-state index contributed by atoms with van der Waals surface area (Å²) in [6.07, 6.45) is 9.12. The van der Waals surface area contributed by atoms with Gasteiger partial charge in [-0.05, 0) is 108 Å². The van der Waals surface area contributed by atoms with Gasteiger partial charge >= 0.3 is 0 Å². The van der Waals surface area contributed by atoms with Crippen molar-refractivity contribution >= 4 is 78.1 Å². The third-order valence-electron chi connectivity index (χ3n) is 13.0. The zero-order valence-corrected chi connectivity index (χ0v) is 33.0. The number of nitrogens with zero attached hydrogens (tertiary/aromatic N) is 3. The first-order valence-electron chi connectivity index (χ1n) is 20.6. The van der Waals surface area contributed by atoms with Crippen molar-refractivity contribution in [2.45, 2.75) is 28.0 Å². The lowest BCUT2D eigenvalue weighted by Gasteiger charge is -2.49. The molecule has 0 saturated carbocycles. The maximum Gasteiger partial charge on any atom is 0.0764 e. The fourth-order valence-electron chi connectivity index (χ4n) is 10.7. The van der Waals surface area contributed by atoms with Gasteiger partial charge in [0.05, 0.1) is 38.9 Å². The molecule has 2 aromatic heterocycles. The van der Waals surface area contributed by atoms with E-state index < -0.39 is 5.41 Å². The van der Waals surface area contributed by atoms with Crippen molar-refractivity contribution in [3.05, 3.63) is 222 Å². The summed E-state index contributed by atoms with van der Waals surface area (Å²) >= 11 is 1.93. The maximum absolute atomic E-state index is 2.50. The van der Waals surface area contributed by atoms with Gasteiger partial charge in [-0.15, -0.1) is 0 Å². The van der Waals surface area contributed by atoms with Crippen molar-refractivity contribution in [3.63, 3.8) is 0 Å². The van der Waals surface area contributed by atoms with E-state index in [0.717, 1.165) is 18.5 Å². The second-order valence-corrected chi connectivity index (χ2v) is 17.0. The molecule has 1 spiro atoms. The minimum Gasteiger partial charge on any atom is -0.310 e. The highest BCUT2D eigenvalue weighted by molar-refractivity contribution is 7.99. The van der Waals surface area contributed by atoms with Crippen LogP contribution in [-0.2, 0) is 5.41 Å². The lowest BCUT2D eigenvalue weighted by atomic mass is 9.62. The summed E-state index contributed by atoms with van der Waals surface area (Å²) in [6.45, 7) is 0. The zero-order valence-electron chi connectivity index (χ0n) is 32.2. The number of aromatic nitrogens is 2. The van der Waals surface area contributed by atoms with Gasteiger partial charge in [-0.2, -0.15) is 0 Å². The second kappa shape index (κ2) is 12.5. The smallest absolute Gasteiger partial charge is 0.0764 e. The Morgan fingerprint density at radius 1 is 0.441 bits per heavy atom. The molecule has 0 unspecified atom stereocenters. The molecule has 0 saturated heterocycles. The summed E-state index contributed by atoms with van der Waals surface area (Å²) in [5.74, 6) is 0. The van der Waals surface area contributed by atoms with Gasteiger partial charge in [-0.3, -0.25) is 0 Å². The highest BCUT2D eigenvalue weighted by Gasteiger charge is 2.50. The predicted octanol–water partition coefficient (Wildman–Crippen LogP) is 14.7. The van der Waals surface area contributed by atoms with Gasteiger partial charge < -0.3 is 14.0 Å². The quantitative estimate of drug-likeness (QED) is 0.177. The Balaban J connectivity index is 1.11. The number of hydrogen-bond donors (Lipinski definition) is 0. The van der Waals surface area contributed by atoms with E-state index in [-0.39, 0.29) is 0 Å². The number of anilines is 3. The average Bonchev–Trinajstić information content (AvgIpc) is 3.82.